The Balaban J connectivity index is 1.85. The smallest absolute Gasteiger partial charge is 0.331 e. The van der Waals surface area contributed by atoms with Crippen LogP contribution < -0.4 is 11.3 Å². The van der Waals surface area contributed by atoms with E-state index in [1.54, 1.807) is 0 Å². The summed E-state index contributed by atoms with van der Waals surface area (Å²) in [5, 5.41) is 9.80. The number of carbonyl (C=O) groups excluding carboxylic acids is 1. The lowest BCUT2D eigenvalue weighted by Crippen LogP contribution is -2.67. The predicted octanol–water partition coefficient (Wildman–Crippen LogP) is -0.974. The number of hydrogen-bond donors (Lipinski definition) is 3. The average Bonchev–Trinajstić information content (AvgIpc) is 2.79. The largest absolute Gasteiger partial charge is 0.386 e. The summed E-state index contributed by atoms with van der Waals surface area (Å²) in [6, 6.07) is -0.305. The minimum absolute atomic E-state index is 0.305. The number of nitrogens with zero attached hydrogens (tertiary/aromatic N) is 1. The van der Waals surface area contributed by atoms with Crippen LogP contribution in [0.1, 0.15) is 12.8 Å². The number of likely N-dealkylation sites (tertiary alicyclic amines) is 1. The van der Waals surface area contributed by atoms with Crippen molar-refractivity contribution in [1.29, 1.82) is 0 Å². The van der Waals surface area contributed by atoms with E-state index in [9.17, 15) is 9.90 Å². The summed E-state index contributed by atoms with van der Waals surface area (Å²) in [5.41, 5.74) is 1.44. The van der Waals surface area contributed by atoms with Crippen LogP contribution in [-0.2, 0) is 0 Å². The van der Waals surface area contributed by atoms with E-state index in [0.717, 1.165) is 12.8 Å². The number of hydrazine groups is 1. The molecule has 2 aliphatic rings. The molecule has 68 valence electrons. The molecule has 2 fully saturated rings. The molecular formula is C7H13N3O2. The molecule has 0 radical (unpaired) electrons. The fourth-order valence-corrected chi connectivity index (χ4v) is 1.73. The summed E-state index contributed by atoms with van der Waals surface area (Å²) in [6.07, 6.45) is 2.18. The molecule has 1 heterocycles. The molecule has 12 heavy (non-hydrogen) atoms. The summed E-state index contributed by atoms with van der Waals surface area (Å²) < 4.78 is 0. The lowest BCUT2D eigenvalue weighted by atomic mass is 9.89. The Morgan fingerprint density at radius 2 is 2.17 bits per heavy atom. The van der Waals surface area contributed by atoms with Crippen molar-refractivity contribution < 1.29 is 9.90 Å². The number of rotatable bonds is 1. The first-order valence-electron chi connectivity index (χ1n) is 4.13. The van der Waals surface area contributed by atoms with E-state index >= 15 is 0 Å². The predicted molar refractivity (Wildman–Crippen MR) is 42.0 cm³/mol. The molecule has 5 nitrogen and oxygen atoms in total. The van der Waals surface area contributed by atoms with Gasteiger partial charge in [0, 0.05) is 0 Å². The highest BCUT2D eigenvalue weighted by Gasteiger charge is 2.53. The van der Waals surface area contributed by atoms with Gasteiger partial charge in [-0.3, -0.25) is 5.43 Å². The number of β-amino-alcohol motifs (C(OH)–C–C–N with tert-alkyl or cyclic N) is 1. The van der Waals surface area contributed by atoms with E-state index in [1.165, 1.54) is 4.90 Å². The van der Waals surface area contributed by atoms with E-state index in [1.807, 2.05) is 5.43 Å². The fourth-order valence-electron chi connectivity index (χ4n) is 1.73. The van der Waals surface area contributed by atoms with Crippen LogP contribution in [0.4, 0.5) is 4.79 Å². The molecule has 0 aromatic rings. The number of hydrogen-bond acceptors (Lipinski definition) is 3. The first-order chi connectivity index (χ1) is 5.65. The van der Waals surface area contributed by atoms with Crippen molar-refractivity contribution in [2.75, 3.05) is 13.1 Å². The van der Waals surface area contributed by atoms with Crippen molar-refractivity contribution >= 4 is 6.03 Å². The Morgan fingerprint density at radius 3 is 2.58 bits per heavy atom. The summed E-state index contributed by atoms with van der Waals surface area (Å²) in [6.45, 7) is 0.863. The topological polar surface area (TPSA) is 78.6 Å². The van der Waals surface area contributed by atoms with Gasteiger partial charge in [-0.25, -0.2) is 10.6 Å². The number of amides is 2. The molecule has 0 unspecified atom stereocenters. The molecule has 1 aliphatic heterocycles. The number of aliphatic hydroxyl groups is 1. The van der Waals surface area contributed by atoms with Gasteiger partial charge in [-0.05, 0) is 18.8 Å². The van der Waals surface area contributed by atoms with Crippen LogP contribution in [-0.4, -0.2) is 34.7 Å². The molecular weight excluding hydrogens is 158 g/mol. The molecule has 0 spiro atoms. The highest BCUT2D eigenvalue weighted by molar-refractivity contribution is 5.74. The fraction of sp³-hybridized carbons (Fsp3) is 0.857. The summed E-state index contributed by atoms with van der Waals surface area (Å²) in [7, 11) is 0. The molecule has 0 aromatic heterocycles. The van der Waals surface area contributed by atoms with Crippen LogP contribution in [0.3, 0.4) is 0 Å². The molecule has 5 heteroatoms. The molecule has 0 atom stereocenters. The second-order valence-electron chi connectivity index (χ2n) is 3.68. The summed E-state index contributed by atoms with van der Waals surface area (Å²) in [5.74, 6) is 5.36. The standard InChI is InChI=1S/C7H13N3O2/c8-9-6(11)10-3-7(12,4-10)5-1-2-5/h5,12H,1-4,8H2,(H,9,11). The maximum Gasteiger partial charge on any atom is 0.331 e. The normalized spacial score (nSPS) is 26.3. The van der Waals surface area contributed by atoms with E-state index in [2.05, 4.69) is 0 Å². The van der Waals surface area contributed by atoms with E-state index in [4.69, 9.17) is 5.84 Å². The molecule has 0 aromatic carbocycles. The number of urea groups is 1. The van der Waals surface area contributed by atoms with Crippen molar-refractivity contribution in [1.82, 2.24) is 10.3 Å². The number of nitrogens with two attached hydrogens (primary N) is 1. The Kier molecular flexibility index (Phi) is 1.52. The zero-order chi connectivity index (χ0) is 8.77. The zero-order valence-electron chi connectivity index (χ0n) is 6.79. The lowest BCUT2D eigenvalue weighted by Gasteiger charge is -2.46. The Labute approximate surface area is 70.5 Å². The van der Waals surface area contributed by atoms with E-state index in [-0.39, 0.29) is 6.03 Å². The van der Waals surface area contributed by atoms with Crippen molar-refractivity contribution in [3.63, 3.8) is 0 Å². The van der Waals surface area contributed by atoms with Crippen LogP contribution in [0.15, 0.2) is 0 Å². The summed E-state index contributed by atoms with van der Waals surface area (Å²) >= 11 is 0. The van der Waals surface area contributed by atoms with Gasteiger partial charge in [0.05, 0.1) is 13.1 Å². The molecule has 1 saturated carbocycles. The third kappa shape index (κ3) is 1.05. The van der Waals surface area contributed by atoms with Gasteiger partial charge in [-0.1, -0.05) is 0 Å². The first kappa shape index (κ1) is 7.82. The van der Waals surface area contributed by atoms with Crippen molar-refractivity contribution in [2.24, 2.45) is 11.8 Å². The molecule has 0 bridgehead atoms. The van der Waals surface area contributed by atoms with Gasteiger partial charge in [0.2, 0.25) is 0 Å². The minimum Gasteiger partial charge on any atom is -0.386 e. The van der Waals surface area contributed by atoms with Crippen LogP contribution in [0.2, 0.25) is 0 Å². The second-order valence-corrected chi connectivity index (χ2v) is 3.68. The maximum absolute atomic E-state index is 10.9. The van der Waals surface area contributed by atoms with Gasteiger partial charge < -0.3 is 10.0 Å². The molecule has 1 aliphatic carbocycles. The van der Waals surface area contributed by atoms with E-state index < -0.39 is 5.60 Å². The molecule has 2 rings (SSSR count). The van der Waals surface area contributed by atoms with Gasteiger partial charge in [0.15, 0.2) is 0 Å². The van der Waals surface area contributed by atoms with Gasteiger partial charge in [0.25, 0.3) is 0 Å². The molecule has 4 N–H and O–H groups in total. The molecule has 1 saturated heterocycles. The maximum atomic E-state index is 10.9. The van der Waals surface area contributed by atoms with Crippen molar-refractivity contribution in [3.05, 3.63) is 0 Å². The van der Waals surface area contributed by atoms with Crippen LogP contribution in [0.5, 0.6) is 0 Å². The van der Waals surface area contributed by atoms with Crippen LogP contribution in [0, 0.1) is 5.92 Å². The third-order valence-corrected chi connectivity index (χ3v) is 2.68. The summed E-state index contributed by atoms with van der Waals surface area (Å²) in [4.78, 5) is 12.4. The average molecular weight is 171 g/mol. The zero-order valence-corrected chi connectivity index (χ0v) is 6.79. The van der Waals surface area contributed by atoms with Gasteiger partial charge in [0.1, 0.15) is 5.60 Å². The third-order valence-electron chi connectivity index (χ3n) is 2.68. The Morgan fingerprint density at radius 1 is 1.58 bits per heavy atom. The lowest BCUT2D eigenvalue weighted by molar-refractivity contribution is -0.0917. The number of carbonyl (C=O) groups is 1. The van der Waals surface area contributed by atoms with Crippen molar-refractivity contribution in [2.45, 2.75) is 18.4 Å². The Bertz CT molecular complexity index is 209. The second kappa shape index (κ2) is 2.34. The first-order valence-corrected chi connectivity index (χ1v) is 4.13. The SMILES string of the molecule is NNC(=O)N1CC(O)(C2CC2)C1. The number of nitrogens with one attached hydrogen (secondary N) is 1. The van der Waals surface area contributed by atoms with Crippen LogP contribution >= 0.6 is 0 Å². The van der Waals surface area contributed by atoms with Crippen molar-refractivity contribution in [3.8, 4) is 0 Å². The van der Waals surface area contributed by atoms with E-state index in [0.29, 0.717) is 19.0 Å². The Hall–Kier alpha value is -0.810. The molecule has 2 amide bonds. The minimum atomic E-state index is -0.605. The van der Waals surface area contributed by atoms with Gasteiger partial charge in [-0.2, -0.15) is 0 Å². The quantitative estimate of drug-likeness (QED) is 0.270. The monoisotopic (exact) mass is 171 g/mol. The van der Waals surface area contributed by atoms with Crippen LogP contribution in [0.25, 0.3) is 0 Å². The highest BCUT2D eigenvalue weighted by Crippen LogP contribution is 2.44. The van der Waals surface area contributed by atoms with Gasteiger partial charge in [-0.15, -0.1) is 0 Å². The van der Waals surface area contributed by atoms with Gasteiger partial charge >= 0.3 is 6.03 Å². The highest BCUT2D eigenvalue weighted by atomic mass is 16.3.